The van der Waals surface area contributed by atoms with Crippen molar-refractivity contribution in [2.45, 2.75) is 19.8 Å². The SMILES string of the molecule is C=CCN(CC(=O)OCC)C(=O)C1CC2C=CC1C2. The van der Waals surface area contributed by atoms with Crippen molar-refractivity contribution in [1.82, 2.24) is 4.90 Å². The average molecular weight is 263 g/mol. The summed E-state index contributed by atoms with van der Waals surface area (Å²) in [6.07, 6.45) is 8.00. The molecule has 0 N–H and O–H groups in total. The first-order valence-electron chi connectivity index (χ1n) is 6.89. The van der Waals surface area contributed by atoms with Crippen LogP contribution in [0.1, 0.15) is 19.8 Å². The zero-order valence-corrected chi connectivity index (χ0v) is 11.4. The summed E-state index contributed by atoms with van der Waals surface area (Å²) in [5, 5.41) is 0. The lowest BCUT2D eigenvalue weighted by Crippen LogP contribution is -2.41. The summed E-state index contributed by atoms with van der Waals surface area (Å²) in [6.45, 7) is 6.17. The van der Waals surface area contributed by atoms with Crippen LogP contribution in [-0.2, 0) is 14.3 Å². The molecule has 4 heteroatoms. The number of carbonyl (C=O) groups is 2. The minimum Gasteiger partial charge on any atom is -0.465 e. The largest absolute Gasteiger partial charge is 0.465 e. The molecule has 2 bridgehead atoms. The van der Waals surface area contributed by atoms with E-state index in [0.29, 0.717) is 25.0 Å². The normalized spacial score (nSPS) is 27.3. The summed E-state index contributed by atoms with van der Waals surface area (Å²) in [4.78, 5) is 25.6. The third-order valence-electron chi connectivity index (χ3n) is 3.88. The molecule has 0 aliphatic heterocycles. The predicted octanol–water partition coefficient (Wildman–Crippen LogP) is 1.78. The third-order valence-corrected chi connectivity index (χ3v) is 3.88. The van der Waals surface area contributed by atoms with Crippen LogP contribution < -0.4 is 0 Å². The van der Waals surface area contributed by atoms with E-state index in [1.165, 1.54) is 0 Å². The van der Waals surface area contributed by atoms with Gasteiger partial charge in [-0.05, 0) is 31.6 Å². The Morgan fingerprint density at radius 2 is 2.21 bits per heavy atom. The lowest BCUT2D eigenvalue weighted by molar-refractivity contribution is -0.150. The first-order valence-corrected chi connectivity index (χ1v) is 6.89. The van der Waals surface area contributed by atoms with Gasteiger partial charge < -0.3 is 9.64 Å². The van der Waals surface area contributed by atoms with Crippen LogP contribution in [0.2, 0.25) is 0 Å². The van der Waals surface area contributed by atoms with E-state index >= 15 is 0 Å². The molecule has 0 radical (unpaired) electrons. The highest BCUT2D eigenvalue weighted by Gasteiger charge is 2.41. The summed E-state index contributed by atoms with van der Waals surface area (Å²) >= 11 is 0. The van der Waals surface area contributed by atoms with Gasteiger partial charge in [0.2, 0.25) is 5.91 Å². The molecule has 2 aliphatic carbocycles. The average Bonchev–Trinajstić information content (AvgIpc) is 3.00. The number of hydrogen-bond donors (Lipinski definition) is 0. The third kappa shape index (κ3) is 3.06. The first kappa shape index (κ1) is 13.8. The number of fused-ring (bicyclic) bond motifs is 2. The second kappa shape index (κ2) is 6.04. The minimum absolute atomic E-state index is 0.0241. The van der Waals surface area contributed by atoms with E-state index in [0.717, 1.165) is 12.8 Å². The molecule has 3 unspecified atom stereocenters. The van der Waals surface area contributed by atoms with Gasteiger partial charge in [0, 0.05) is 12.5 Å². The molecule has 0 saturated heterocycles. The Balaban J connectivity index is 1.98. The van der Waals surface area contributed by atoms with Crippen molar-refractivity contribution >= 4 is 11.9 Å². The summed E-state index contributed by atoms with van der Waals surface area (Å²) in [5.74, 6) is 0.643. The standard InChI is InChI=1S/C15H21NO3/c1-3-7-16(10-14(17)19-4-2)15(18)13-9-11-5-6-12(13)8-11/h3,5-6,11-13H,1,4,7-10H2,2H3. The van der Waals surface area contributed by atoms with Crippen molar-refractivity contribution in [2.24, 2.45) is 17.8 Å². The fourth-order valence-corrected chi connectivity index (χ4v) is 3.05. The van der Waals surface area contributed by atoms with Gasteiger partial charge in [-0.1, -0.05) is 18.2 Å². The van der Waals surface area contributed by atoms with Gasteiger partial charge in [-0.3, -0.25) is 9.59 Å². The highest BCUT2D eigenvalue weighted by atomic mass is 16.5. The topological polar surface area (TPSA) is 46.6 Å². The number of nitrogens with zero attached hydrogens (tertiary/aromatic N) is 1. The van der Waals surface area contributed by atoms with Gasteiger partial charge in [0.25, 0.3) is 0 Å². The van der Waals surface area contributed by atoms with Crippen molar-refractivity contribution in [1.29, 1.82) is 0 Å². The molecule has 0 aromatic rings. The number of rotatable bonds is 6. The van der Waals surface area contributed by atoms with E-state index in [4.69, 9.17) is 4.74 Å². The van der Waals surface area contributed by atoms with Crippen molar-refractivity contribution < 1.29 is 14.3 Å². The van der Waals surface area contributed by atoms with Crippen LogP contribution in [-0.4, -0.2) is 36.5 Å². The Kier molecular flexibility index (Phi) is 4.40. The zero-order valence-electron chi connectivity index (χ0n) is 11.4. The minimum atomic E-state index is -0.351. The Labute approximate surface area is 114 Å². The summed E-state index contributed by atoms with van der Waals surface area (Å²) < 4.78 is 4.91. The Bertz CT molecular complexity index is 402. The Morgan fingerprint density at radius 3 is 2.74 bits per heavy atom. The molecule has 104 valence electrons. The fraction of sp³-hybridized carbons (Fsp3) is 0.600. The van der Waals surface area contributed by atoms with Crippen LogP contribution in [0.5, 0.6) is 0 Å². The smallest absolute Gasteiger partial charge is 0.325 e. The number of esters is 1. The summed E-state index contributed by atoms with van der Waals surface area (Å²) in [6, 6.07) is 0. The molecule has 4 nitrogen and oxygen atoms in total. The van der Waals surface area contributed by atoms with Gasteiger partial charge in [-0.2, -0.15) is 0 Å². The van der Waals surface area contributed by atoms with Gasteiger partial charge in [-0.25, -0.2) is 0 Å². The lowest BCUT2D eigenvalue weighted by Gasteiger charge is -2.26. The van der Waals surface area contributed by atoms with Gasteiger partial charge >= 0.3 is 5.97 Å². The van der Waals surface area contributed by atoms with Crippen LogP contribution in [0.15, 0.2) is 24.8 Å². The highest BCUT2D eigenvalue weighted by molar-refractivity contribution is 5.84. The van der Waals surface area contributed by atoms with E-state index < -0.39 is 0 Å². The van der Waals surface area contributed by atoms with Gasteiger partial charge in [0.1, 0.15) is 6.54 Å². The highest BCUT2D eigenvalue weighted by Crippen LogP contribution is 2.44. The van der Waals surface area contributed by atoms with Gasteiger partial charge in [0.15, 0.2) is 0 Å². The van der Waals surface area contributed by atoms with Gasteiger partial charge in [-0.15, -0.1) is 6.58 Å². The number of carbonyl (C=O) groups excluding carboxylic acids is 2. The monoisotopic (exact) mass is 263 g/mol. The maximum atomic E-state index is 12.5. The second-order valence-corrected chi connectivity index (χ2v) is 5.20. The van der Waals surface area contributed by atoms with Crippen LogP contribution >= 0.6 is 0 Å². The van der Waals surface area contributed by atoms with Crippen molar-refractivity contribution in [3.05, 3.63) is 24.8 Å². The van der Waals surface area contributed by atoms with Gasteiger partial charge in [0.05, 0.1) is 6.61 Å². The van der Waals surface area contributed by atoms with E-state index in [-0.39, 0.29) is 24.3 Å². The van der Waals surface area contributed by atoms with Crippen molar-refractivity contribution in [2.75, 3.05) is 19.7 Å². The lowest BCUT2D eigenvalue weighted by atomic mass is 9.92. The molecule has 0 heterocycles. The van der Waals surface area contributed by atoms with Crippen LogP contribution in [0.25, 0.3) is 0 Å². The molecule has 1 fully saturated rings. The maximum Gasteiger partial charge on any atom is 0.325 e. The molecule has 0 aromatic heterocycles. The fourth-order valence-electron chi connectivity index (χ4n) is 3.05. The Morgan fingerprint density at radius 1 is 1.42 bits per heavy atom. The molecule has 0 aromatic carbocycles. The molecular formula is C15H21NO3. The number of amides is 1. The maximum absolute atomic E-state index is 12.5. The number of allylic oxidation sites excluding steroid dienone is 2. The first-order chi connectivity index (χ1) is 9.15. The van der Waals surface area contributed by atoms with E-state index in [9.17, 15) is 9.59 Å². The van der Waals surface area contributed by atoms with E-state index in [1.807, 2.05) is 0 Å². The molecule has 3 atom stereocenters. The van der Waals surface area contributed by atoms with Crippen LogP contribution in [0.3, 0.4) is 0 Å². The van der Waals surface area contributed by atoms with Crippen molar-refractivity contribution in [3.63, 3.8) is 0 Å². The quantitative estimate of drug-likeness (QED) is 0.542. The molecule has 0 spiro atoms. The second-order valence-electron chi connectivity index (χ2n) is 5.20. The zero-order chi connectivity index (χ0) is 13.8. The van der Waals surface area contributed by atoms with E-state index in [2.05, 4.69) is 18.7 Å². The number of hydrogen-bond acceptors (Lipinski definition) is 3. The molecule has 2 rings (SSSR count). The predicted molar refractivity (Wildman–Crippen MR) is 72.3 cm³/mol. The molecule has 1 saturated carbocycles. The summed E-state index contributed by atoms with van der Waals surface area (Å²) in [5.41, 5.74) is 0. The van der Waals surface area contributed by atoms with Crippen molar-refractivity contribution in [3.8, 4) is 0 Å². The van der Waals surface area contributed by atoms with E-state index in [1.54, 1.807) is 17.9 Å². The van der Waals surface area contributed by atoms with Crippen LogP contribution in [0.4, 0.5) is 0 Å². The Hall–Kier alpha value is -1.58. The number of ether oxygens (including phenoxy) is 1. The molecule has 1 amide bonds. The van der Waals surface area contributed by atoms with Crippen LogP contribution in [0, 0.1) is 17.8 Å². The molecular weight excluding hydrogens is 242 g/mol. The molecule has 2 aliphatic rings. The molecule has 19 heavy (non-hydrogen) atoms. The summed E-state index contributed by atoms with van der Waals surface area (Å²) in [7, 11) is 0.